The zero-order valence-electron chi connectivity index (χ0n) is 8.73. The fourth-order valence-electron chi connectivity index (χ4n) is 1.60. The highest BCUT2D eigenvalue weighted by atomic mass is 32.2. The lowest BCUT2D eigenvalue weighted by Gasteiger charge is -2.28. The Morgan fingerprint density at radius 3 is 2.36 bits per heavy atom. The van der Waals surface area contributed by atoms with Gasteiger partial charge in [0.25, 0.3) is 0 Å². The van der Waals surface area contributed by atoms with Gasteiger partial charge in [-0.1, -0.05) is 12.8 Å². The van der Waals surface area contributed by atoms with Crippen molar-refractivity contribution >= 4 is 10.0 Å². The SMILES string of the molecule is CC(C)S(=O)(=O)NC1CCCCC1O. The monoisotopic (exact) mass is 221 g/mol. The molecule has 0 saturated heterocycles. The third kappa shape index (κ3) is 2.93. The number of aliphatic hydroxyl groups excluding tert-OH is 1. The second-order valence-corrected chi connectivity index (χ2v) is 6.44. The van der Waals surface area contributed by atoms with Crippen LogP contribution in [0.15, 0.2) is 0 Å². The molecule has 0 aromatic rings. The Morgan fingerprint density at radius 1 is 1.29 bits per heavy atom. The molecule has 1 saturated carbocycles. The van der Waals surface area contributed by atoms with Gasteiger partial charge < -0.3 is 5.11 Å². The van der Waals surface area contributed by atoms with Crippen LogP contribution in [0.3, 0.4) is 0 Å². The highest BCUT2D eigenvalue weighted by Gasteiger charge is 2.28. The predicted molar refractivity (Wildman–Crippen MR) is 55.5 cm³/mol. The predicted octanol–water partition coefficient (Wildman–Crippen LogP) is 0.618. The highest BCUT2D eigenvalue weighted by molar-refractivity contribution is 7.90. The summed E-state index contributed by atoms with van der Waals surface area (Å²) in [6.45, 7) is 3.27. The summed E-state index contributed by atoms with van der Waals surface area (Å²) < 4.78 is 25.6. The minimum Gasteiger partial charge on any atom is -0.391 e. The molecule has 0 heterocycles. The van der Waals surface area contributed by atoms with Crippen LogP contribution in [0.1, 0.15) is 39.5 Å². The minimum absolute atomic E-state index is 0.281. The average Bonchev–Trinajstić information content (AvgIpc) is 2.08. The van der Waals surface area contributed by atoms with Crippen molar-refractivity contribution in [3.63, 3.8) is 0 Å². The van der Waals surface area contributed by atoms with Crippen LogP contribution in [-0.4, -0.2) is 30.9 Å². The van der Waals surface area contributed by atoms with Gasteiger partial charge in [-0.15, -0.1) is 0 Å². The second-order valence-electron chi connectivity index (χ2n) is 4.17. The maximum Gasteiger partial charge on any atom is 0.214 e. The van der Waals surface area contributed by atoms with Crippen molar-refractivity contribution in [2.75, 3.05) is 0 Å². The van der Waals surface area contributed by atoms with E-state index >= 15 is 0 Å². The first kappa shape index (κ1) is 11.9. The summed E-state index contributed by atoms with van der Waals surface area (Å²) in [5.41, 5.74) is 0. The van der Waals surface area contributed by atoms with Crippen molar-refractivity contribution in [3.05, 3.63) is 0 Å². The molecule has 2 atom stereocenters. The molecule has 0 radical (unpaired) electrons. The third-order valence-corrected chi connectivity index (χ3v) is 4.54. The Labute approximate surface area is 85.8 Å². The smallest absolute Gasteiger partial charge is 0.214 e. The molecule has 2 N–H and O–H groups in total. The fraction of sp³-hybridized carbons (Fsp3) is 1.00. The number of hydrogen-bond acceptors (Lipinski definition) is 3. The van der Waals surface area contributed by atoms with Gasteiger partial charge in [-0.3, -0.25) is 0 Å². The molecule has 1 aliphatic carbocycles. The van der Waals surface area contributed by atoms with Crippen LogP contribution in [0.2, 0.25) is 0 Å². The van der Waals surface area contributed by atoms with Crippen LogP contribution in [0, 0.1) is 0 Å². The van der Waals surface area contributed by atoms with E-state index in [-0.39, 0.29) is 6.04 Å². The quantitative estimate of drug-likeness (QED) is 0.734. The van der Waals surface area contributed by atoms with Gasteiger partial charge in [0.15, 0.2) is 0 Å². The summed E-state index contributed by atoms with van der Waals surface area (Å²) in [6.07, 6.45) is 2.90. The van der Waals surface area contributed by atoms with E-state index < -0.39 is 21.4 Å². The number of nitrogens with one attached hydrogen (secondary N) is 1. The van der Waals surface area contributed by atoms with Crippen molar-refractivity contribution in [2.24, 2.45) is 0 Å². The molecule has 0 aromatic carbocycles. The first-order valence-electron chi connectivity index (χ1n) is 5.12. The number of sulfonamides is 1. The van der Waals surface area contributed by atoms with Crippen LogP contribution in [0.4, 0.5) is 0 Å². The standard InChI is InChI=1S/C9H19NO3S/c1-7(2)14(12,13)10-8-5-3-4-6-9(8)11/h7-11H,3-6H2,1-2H3. The van der Waals surface area contributed by atoms with Crippen molar-refractivity contribution in [3.8, 4) is 0 Å². The summed E-state index contributed by atoms with van der Waals surface area (Å²) >= 11 is 0. The summed E-state index contributed by atoms with van der Waals surface area (Å²) in [5, 5.41) is 9.15. The summed E-state index contributed by atoms with van der Waals surface area (Å²) in [6, 6.07) is -0.281. The Morgan fingerprint density at radius 2 is 1.86 bits per heavy atom. The third-order valence-electron chi connectivity index (χ3n) is 2.67. The van der Waals surface area contributed by atoms with Gasteiger partial charge in [-0.05, 0) is 26.7 Å². The van der Waals surface area contributed by atoms with Crippen molar-refractivity contribution in [1.82, 2.24) is 4.72 Å². The molecule has 14 heavy (non-hydrogen) atoms. The lowest BCUT2D eigenvalue weighted by atomic mass is 9.93. The van der Waals surface area contributed by atoms with Crippen LogP contribution < -0.4 is 4.72 Å². The maximum atomic E-state index is 11.5. The highest BCUT2D eigenvalue weighted by Crippen LogP contribution is 2.19. The van der Waals surface area contributed by atoms with Crippen LogP contribution in [0.25, 0.3) is 0 Å². The molecule has 0 bridgehead atoms. The van der Waals surface area contributed by atoms with Crippen molar-refractivity contribution in [1.29, 1.82) is 0 Å². The molecule has 2 unspecified atom stereocenters. The zero-order valence-corrected chi connectivity index (χ0v) is 9.55. The summed E-state index contributed by atoms with van der Waals surface area (Å²) in [5.74, 6) is 0. The molecule has 0 amide bonds. The van der Waals surface area contributed by atoms with E-state index in [2.05, 4.69) is 4.72 Å². The Hall–Kier alpha value is -0.130. The van der Waals surface area contributed by atoms with E-state index in [1.54, 1.807) is 13.8 Å². The van der Waals surface area contributed by atoms with Gasteiger partial charge in [-0.2, -0.15) is 0 Å². The van der Waals surface area contributed by atoms with Gasteiger partial charge in [0.1, 0.15) is 0 Å². The lowest BCUT2D eigenvalue weighted by molar-refractivity contribution is 0.101. The number of rotatable bonds is 3. The maximum absolute atomic E-state index is 11.5. The molecule has 1 aliphatic rings. The van der Waals surface area contributed by atoms with Crippen molar-refractivity contribution < 1.29 is 13.5 Å². The molecule has 1 rings (SSSR count). The zero-order chi connectivity index (χ0) is 10.8. The normalized spacial score (nSPS) is 29.4. The molecule has 0 aliphatic heterocycles. The molecular weight excluding hydrogens is 202 g/mol. The van der Waals surface area contributed by atoms with Crippen LogP contribution >= 0.6 is 0 Å². The molecule has 84 valence electrons. The Bertz CT molecular complexity index is 274. The van der Waals surface area contributed by atoms with Gasteiger partial charge in [0.2, 0.25) is 10.0 Å². The average molecular weight is 221 g/mol. The molecule has 0 spiro atoms. The Balaban J connectivity index is 2.58. The van der Waals surface area contributed by atoms with E-state index in [0.717, 1.165) is 19.3 Å². The Kier molecular flexibility index (Phi) is 3.92. The van der Waals surface area contributed by atoms with E-state index in [1.807, 2.05) is 0 Å². The van der Waals surface area contributed by atoms with Gasteiger partial charge in [-0.25, -0.2) is 13.1 Å². The van der Waals surface area contributed by atoms with E-state index in [1.165, 1.54) is 0 Å². The first-order valence-corrected chi connectivity index (χ1v) is 6.67. The lowest BCUT2D eigenvalue weighted by Crippen LogP contribution is -2.47. The number of hydrogen-bond donors (Lipinski definition) is 2. The number of aliphatic hydroxyl groups is 1. The van der Waals surface area contributed by atoms with Crippen molar-refractivity contribution in [2.45, 2.75) is 56.9 Å². The van der Waals surface area contributed by atoms with Crippen LogP contribution in [-0.2, 0) is 10.0 Å². The molecule has 4 nitrogen and oxygen atoms in total. The largest absolute Gasteiger partial charge is 0.391 e. The molecular formula is C9H19NO3S. The summed E-state index contributed by atoms with van der Waals surface area (Å²) in [4.78, 5) is 0. The molecule has 1 fully saturated rings. The molecule has 0 aromatic heterocycles. The second kappa shape index (κ2) is 4.59. The van der Waals surface area contributed by atoms with Gasteiger partial charge in [0.05, 0.1) is 11.4 Å². The fourth-order valence-corrected chi connectivity index (χ4v) is 2.56. The van der Waals surface area contributed by atoms with E-state index in [4.69, 9.17) is 0 Å². The first-order chi connectivity index (χ1) is 6.43. The van der Waals surface area contributed by atoms with E-state index in [0.29, 0.717) is 6.42 Å². The van der Waals surface area contributed by atoms with E-state index in [9.17, 15) is 13.5 Å². The van der Waals surface area contributed by atoms with Crippen LogP contribution in [0.5, 0.6) is 0 Å². The molecule has 5 heteroatoms. The minimum atomic E-state index is -3.24. The topological polar surface area (TPSA) is 66.4 Å². The summed E-state index contributed by atoms with van der Waals surface area (Å²) in [7, 11) is -3.24. The van der Waals surface area contributed by atoms with Gasteiger partial charge in [0, 0.05) is 6.04 Å². The van der Waals surface area contributed by atoms with Gasteiger partial charge >= 0.3 is 0 Å².